The van der Waals surface area contributed by atoms with E-state index in [2.05, 4.69) is 5.10 Å². The van der Waals surface area contributed by atoms with Gasteiger partial charge in [-0.15, -0.1) is 0 Å². The molecule has 0 aliphatic carbocycles. The molecule has 144 valence electrons. The van der Waals surface area contributed by atoms with Gasteiger partial charge in [-0.25, -0.2) is 9.48 Å². The Morgan fingerprint density at radius 2 is 2.07 bits per heavy atom. The molecule has 2 heterocycles. The molecule has 0 fully saturated rings. The van der Waals surface area contributed by atoms with E-state index < -0.39 is 17.8 Å². The Bertz CT molecular complexity index is 1110. The number of hydrogen-bond acceptors (Lipinski definition) is 5. The van der Waals surface area contributed by atoms with Crippen molar-refractivity contribution >= 4 is 23.3 Å². The summed E-state index contributed by atoms with van der Waals surface area (Å²) in [4.78, 5) is 12.0. The molecule has 0 amide bonds. The Morgan fingerprint density at radius 1 is 1.36 bits per heavy atom. The summed E-state index contributed by atoms with van der Waals surface area (Å²) in [6, 6.07) is 7.01. The second-order valence-electron chi connectivity index (χ2n) is 5.56. The number of anilines is 1. The summed E-state index contributed by atoms with van der Waals surface area (Å²) >= 11 is 6.22. The molecule has 0 aliphatic heterocycles. The molecule has 11 heteroatoms. The lowest BCUT2D eigenvalue weighted by Crippen LogP contribution is -2.11. The van der Waals surface area contributed by atoms with Gasteiger partial charge in [-0.05, 0) is 24.3 Å². The van der Waals surface area contributed by atoms with Gasteiger partial charge in [0, 0.05) is 18.1 Å². The van der Waals surface area contributed by atoms with Gasteiger partial charge in [0.15, 0.2) is 11.4 Å². The number of hydrogen-bond donors (Lipinski definition) is 1. The summed E-state index contributed by atoms with van der Waals surface area (Å²) < 4.78 is 45.2. The number of nitriles is 1. The molecule has 7 nitrogen and oxygen atoms in total. The molecule has 0 spiro atoms. The number of esters is 1. The molecular formula is C17H11ClF3N5O2. The minimum absolute atomic E-state index is 0.0579. The molecular weight excluding hydrogens is 399 g/mol. The van der Waals surface area contributed by atoms with Crippen molar-refractivity contribution < 1.29 is 22.7 Å². The predicted molar refractivity (Wildman–Crippen MR) is 93.4 cm³/mol. The summed E-state index contributed by atoms with van der Waals surface area (Å²) in [7, 11) is 1.16. The van der Waals surface area contributed by atoms with Gasteiger partial charge in [-0.1, -0.05) is 11.6 Å². The first kappa shape index (κ1) is 19.3. The van der Waals surface area contributed by atoms with E-state index in [1.807, 2.05) is 6.07 Å². The second-order valence-corrected chi connectivity index (χ2v) is 5.96. The van der Waals surface area contributed by atoms with Crippen molar-refractivity contribution in [1.82, 2.24) is 14.3 Å². The fourth-order valence-electron chi connectivity index (χ4n) is 2.56. The van der Waals surface area contributed by atoms with Crippen LogP contribution in [0.25, 0.3) is 11.4 Å². The number of carbonyl (C=O) groups is 1. The van der Waals surface area contributed by atoms with Crippen LogP contribution in [0.2, 0.25) is 5.02 Å². The summed E-state index contributed by atoms with van der Waals surface area (Å²) in [5, 5.41) is 12.7. The van der Waals surface area contributed by atoms with Gasteiger partial charge in [0.1, 0.15) is 6.07 Å². The minimum atomic E-state index is -4.58. The first-order valence-electron chi connectivity index (χ1n) is 7.59. The molecule has 1 aromatic carbocycles. The third kappa shape index (κ3) is 3.27. The third-order valence-electron chi connectivity index (χ3n) is 3.88. The second kappa shape index (κ2) is 6.94. The average molecular weight is 410 g/mol. The maximum Gasteiger partial charge on any atom is 0.435 e. The first-order chi connectivity index (χ1) is 13.2. The number of nitrogens with two attached hydrogens (primary N) is 1. The molecule has 2 aromatic heterocycles. The number of nitrogen functional groups attached to an aromatic ring is 1. The van der Waals surface area contributed by atoms with Crippen molar-refractivity contribution in [1.29, 1.82) is 5.26 Å². The number of ether oxygens (including phenoxy) is 1. The Labute approximate surface area is 161 Å². The van der Waals surface area contributed by atoms with Crippen molar-refractivity contribution in [3.63, 3.8) is 0 Å². The average Bonchev–Trinajstić information content (AvgIpc) is 3.25. The van der Waals surface area contributed by atoms with Crippen LogP contribution < -0.4 is 5.73 Å². The zero-order chi connectivity index (χ0) is 20.6. The lowest BCUT2D eigenvalue weighted by atomic mass is 10.2. The van der Waals surface area contributed by atoms with E-state index in [1.54, 1.807) is 0 Å². The van der Waals surface area contributed by atoms with Crippen molar-refractivity contribution in [3.05, 3.63) is 58.6 Å². The molecule has 2 N–H and O–H groups in total. The van der Waals surface area contributed by atoms with Crippen LogP contribution in [0.15, 0.2) is 36.7 Å². The molecule has 0 unspecified atom stereocenters. The number of aromatic nitrogens is 3. The van der Waals surface area contributed by atoms with Crippen molar-refractivity contribution in [3.8, 4) is 17.4 Å². The maximum atomic E-state index is 12.7. The normalized spacial score (nSPS) is 11.3. The standard InChI is InChI=1S/C17H11ClF3N5O2/c1-28-16(27)15-14(23)9(7-22)8-25(15)10-2-3-12(11(18)6-10)26-5-4-13(24-26)17(19,20)21/h2-6,8H,23H2,1H3. The zero-order valence-electron chi connectivity index (χ0n) is 14.2. The Morgan fingerprint density at radius 3 is 2.61 bits per heavy atom. The van der Waals surface area contributed by atoms with Gasteiger partial charge in [-0.3, -0.25) is 0 Å². The number of benzene rings is 1. The number of nitrogens with zero attached hydrogens (tertiary/aromatic N) is 4. The first-order valence-corrected chi connectivity index (χ1v) is 7.97. The van der Waals surface area contributed by atoms with E-state index >= 15 is 0 Å². The maximum absolute atomic E-state index is 12.7. The lowest BCUT2D eigenvalue weighted by molar-refractivity contribution is -0.141. The van der Waals surface area contributed by atoms with Crippen LogP contribution >= 0.6 is 11.6 Å². The number of halogens is 4. The van der Waals surface area contributed by atoms with Gasteiger partial charge in [0.25, 0.3) is 0 Å². The van der Waals surface area contributed by atoms with E-state index in [4.69, 9.17) is 27.3 Å². The van der Waals surface area contributed by atoms with Gasteiger partial charge in [-0.2, -0.15) is 23.5 Å². The third-order valence-corrected chi connectivity index (χ3v) is 4.18. The monoisotopic (exact) mass is 409 g/mol. The number of alkyl halides is 3. The topological polar surface area (TPSA) is 98.9 Å². The molecule has 0 saturated carbocycles. The highest BCUT2D eigenvalue weighted by molar-refractivity contribution is 6.32. The molecule has 0 saturated heterocycles. The van der Waals surface area contributed by atoms with Gasteiger partial charge < -0.3 is 15.0 Å². The van der Waals surface area contributed by atoms with Gasteiger partial charge >= 0.3 is 12.1 Å². The Kier molecular flexibility index (Phi) is 4.79. The van der Waals surface area contributed by atoms with Crippen LogP contribution in [0.1, 0.15) is 21.7 Å². The number of methoxy groups -OCH3 is 1. The van der Waals surface area contributed by atoms with Crippen LogP contribution in [0.5, 0.6) is 0 Å². The summed E-state index contributed by atoms with van der Waals surface area (Å²) in [6.45, 7) is 0. The lowest BCUT2D eigenvalue weighted by Gasteiger charge is -2.11. The van der Waals surface area contributed by atoms with Crippen LogP contribution in [0.4, 0.5) is 18.9 Å². The molecule has 3 rings (SSSR count). The highest BCUT2D eigenvalue weighted by Gasteiger charge is 2.33. The number of rotatable bonds is 3. The number of carbonyl (C=O) groups excluding carboxylic acids is 1. The molecule has 3 aromatic rings. The zero-order valence-corrected chi connectivity index (χ0v) is 14.9. The molecule has 0 bridgehead atoms. The summed E-state index contributed by atoms with van der Waals surface area (Å²) in [5.41, 5.74) is 5.25. The largest absolute Gasteiger partial charge is 0.464 e. The molecule has 0 aliphatic rings. The quantitative estimate of drug-likeness (QED) is 0.667. The van der Waals surface area contributed by atoms with E-state index in [1.165, 1.54) is 29.0 Å². The SMILES string of the molecule is COC(=O)c1c(N)c(C#N)cn1-c1ccc(-n2ccc(C(F)(F)F)n2)c(Cl)c1. The van der Waals surface area contributed by atoms with Gasteiger partial charge in [0.2, 0.25) is 0 Å². The Balaban J connectivity index is 2.08. The van der Waals surface area contributed by atoms with E-state index in [9.17, 15) is 18.0 Å². The molecule has 0 atom stereocenters. The van der Waals surface area contributed by atoms with Crippen molar-refractivity contribution in [2.24, 2.45) is 0 Å². The van der Waals surface area contributed by atoms with Gasteiger partial charge in [0.05, 0.1) is 29.1 Å². The van der Waals surface area contributed by atoms with E-state index in [-0.39, 0.29) is 27.7 Å². The summed E-state index contributed by atoms with van der Waals surface area (Å²) in [6.07, 6.45) is -2.11. The fraction of sp³-hybridized carbons (Fsp3) is 0.118. The van der Waals surface area contributed by atoms with Crippen LogP contribution in [0, 0.1) is 11.3 Å². The van der Waals surface area contributed by atoms with Crippen LogP contribution in [-0.2, 0) is 10.9 Å². The van der Waals surface area contributed by atoms with Crippen LogP contribution in [-0.4, -0.2) is 27.4 Å². The minimum Gasteiger partial charge on any atom is -0.464 e. The predicted octanol–water partition coefficient (Wildman–Crippen LogP) is 3.58. The van der Waals surface area contributed by atoms with Crippen LogP contribution in [0.3, 0.4) is 0 Å². The van der Waals surface area contributed by atoms with E-state index in [0.717, 1.165) is 24.1 Å². The fourth-order valence-corrected chi connectivity index (χ4v) is 2.82. The Hall–Kier alpha value is -3.45. The smallest absolute Gasteiger partial charge is 0.435 e. The highest BCUT2D eigenvalue weighted by atomic mass is 35.5. The highest BCUT2D eigenvalue weighted by Crippen LogP contribution is 2.31. The summed E-state index contributed by atoms with van der Waals surface area (Å²) in [5.74, 6) is -0.763. The molecule has 28 heavy (non-hydrogen) atoms. The van der Waals surface area contributed by atoms with Crippen molar-refractivity contribution in [2.75, 3.05) is 12.8 Å². The van der Waals surface area contributed by atoms with Crippen molar-refractivity contribution in [2.45, 2.75) is 6.18 Å². The van der Waals surface area contributed by atoms with E-state index in [0.29, 0.717) is 5.69 Å². The molecule has 0 radical (unpaired) electrons.